The standard InChI is InChI=1S/C14H19NO2/c15-9-12-2-1-6-17-14(12)11-3-4-13-10(8-11)5-7-16-13/h3-4,8,12,14H,1-2,5-7,9,15H2. The van der Waals surface area contributed by atoms with Gasteiger partial charge in [0.05, 0.1) is 12.7 Å². The van der Waals surface area contributed by atoms with Crippen LogP contribution in [0.1, 0.15) is 30.1 Å². The molecule has 3 nitrogen and oxygen atoms in total. The van der Waals surface area contributed by atoms with Gasteiger partial charge in [-0.25, -0.2) is 0 Å². The molecule has 0 aliphatic carbocycles. The molecule has 3 rings (SSSR count). The molecule has 2 heterocycles. The van der Waals surface area contributed by atoms with Crippen molar-refractivity contribution in [2.75, 3.05) is 19.8 Å². The third-order valence-electron chi connectivity index (χ3n) is 3.79. The molecule has 0 amide bonds. The van der Waals surface area contributed by atoms with Gasteiger partial charge in [-0.1, -0.05) is 6.07 Å². The Labute approximate surface area is 102 Å². The zero-order chi connectivity index (χ0) is 11.7. The van der Waals surface area contributed by atoms with Gasteiger partial charge in [0.15, 0.2) is 0 Å². The molecule has 2 aliphatic heterocycles. The van der Waals surface area contributed by atoms with Crippen molar-refractivity contribution in [3.63, 3.8) is 0 Å². The van der Waals surface area contributed by atoms with E-state index in [0.717, 1.165) is 31.8 Å². The summed E-state index contributed by atoms with van der Waals surface area (Å²) >= 11 is 0. The maximum Gasteiger partial charge on any atom is 0.122 e. The van der Waals surface area contributed by atoms with Crippen molar-refractivity contribution in [1.29, 1.82) is 0 Å². The lowest BCUT2D eigenvalue weighted by molar-refractivity contribution is -0.0251. The fraction of sp³-hybridized carbons (Fsp3) is 0.571. The number of rotatable bonds is 2. The second-order valence-corrected chi connectivity index (χ2v) is 4.90. The lowest BCUT2D eigenvalue weighted by Crippen LogP contribution is -2.28. The van der Waals surface area contributed by atoms with Crippen molar-refractivity contribution >= 4 is 0 Å². The van der Waals surface area contributed by atoms with Gasteiger partial charge in [0.25, 0.3) is 0 Å². The molecule has 1 fully saturated rings. The van der Waals surface area contributed by atoms with Crippen LogP contribution in [-0.4, -0.2) is 19.8 Å². The third kappa shape index (κ3) is 2.05. The summed E-state index contributed by atoms with van der Waals surface area (Å²) in [6, 6.07) is 6.44. The van der Waals surface area contributed by atoms with Crippen LogP contribution in [0, 0.1) is 5.92 Å². The van der Waals surface area contributed by atoms with Crippen LogP contribution in [0.3, 0.4) is 0 Å². The van der Waals surface area contributed by atoms with E-state index in [0.29, 0.717) is 12.5 Å². The van der Waals surface area contributed by atoms with E-state index in [1.807, 2.05) is 0 Å². The first-order valence-corrected chi connectivity index (χ1v) is 6.46. The van der Waals surface area contributed by atoms with Gasteiger partial charge in [0.1, 0.15) is 5.75 Å². The lowest BCUT2D eigenvalue weighted by atomic mass is 9.89. The Morgan fingerprint density at radius 3 is 3.12 bits per heavy atom. The minimum absolute atomic E-state index is 0.180. The minimum atomic E-state index is 0.180. The Kier molecular flexibility index (Phi) is 3.04. The van der Waals surface area contributed by atoms with Gasteiger partial charge in [-0.15, -0.1) is 0 Å². The summed E-state index contributed by atoms with van der Waals surface area (Å²) in [6.07, 6.45) is 3.50. The normalized spacial score (nSPS) is 27.6. The SMILES string of the molecule is NCC1CCCOC1c1ccc2c(c1)CCO2. The van der Waals surface area contributed by atoms with Crippen LogP contribution in [0.5, 0.6) is 5.75 Å². The maximum atomic E-state index is 5.91. The van der Waals surface area contributed by atoms with Crippen molar-refractivity contribution in [2.24, 2.45) is 11.7 Å². The monoisotopic (exact) mass is 233 g/mol. The molecule has 3 heteroatoms. The van der Waals surface area contributed by atoms with Gasteiger partial charge in [-0.3, -0.25) is 0 Å². The molecule has 1 aromatic carbocycles. The van der Waals surface area contributed by atoms with Crippen LogP contribution in [0.4, 0.5) is 0 Å². The van der Waals surface area contributed by atoms with Crippen LogP contribution in [0.2, 0.25) is 0 Å². The van der Waals surface area contributed by atoms with Crippen LogP contribution in [0.15, 0.2) is 18.2 Å². The molecule has 2 aliphatic rings. The van der Waals surface area contributed by atoms with Crippen molar-refractivity contribution in [3.05, 3.63) is 29.3 Å². The highest BCUT2D eigenvalue weighted by Gasteiger charge is 2.27. The number of fused-ring (bicyclic) bond motifs is 1. The highest BCUT2D eigenvalue weighted by atomic mass is 16.5. The molecule has 0 bridgehead atoms. The first-order chi connectivity index (χ1) is 8.38. The van der Waals surface area contributed by atoms with Crippen molar-refractivity contribution in [1.82, 2.24) is 0 Å². The largest absolute Gasteiger partial charge is 0.493 e. The van der Waals surface area contributed by atoms with E-state index < -0.39 is 0 Å². The first kappa shape index (κ1) is 11.1. The van der Waals surface area contributed by atoms with E-state index in [-0.39, 0.29) is 6.10 Å². The summed E-state index contributed by atoms with van der Waals surface area (Å²) in [4.78, 5) is 0. The Bertz CT molecular complexity index is 405. The van der Waals surface area contributed by atoms with Crippen molar-refractivity contribution in [2.45, 2.75) is 25.4 Å². The van der Waals surface area contributed by atoms with Gasteiger partial charge in [-0.2, -0.15) is 0 Å². The Morgan fingerprint density at radius 1 is 1.29 bits per heavy atom. The van der Waals surface area contributed by atoms with Gasteiger partial charge in [0.2, 0.25) is 0 Å². The molecule has 0 aromatic heterocycles. The number of hydrogen-bond acceptors (Lipinski definition) is 3. The molecule has 0 saturated carbocycles. The molecule has 17 heavy (non-hydrogen) atoms. The predicted molar refractivity (Wildman–Crippen MR) is 66.1 cm³/mol. The van der Waals surface area contributed by atoms with Gasteiger partial charge in [-0.05, 0) is 42.6 Å². The van der Waals surface area contributed by atoms with E-state index in [9.17, 15) is 0 Å². The molecule has 1 aromatic rings. The third-order valence-corrected chi connectivity index (χ3v) is 3.79. The molecule has 1 saturated heterocycles. The van der Waals surface area contributed by atoms with E-state index >= 15 is 0 Å². The van der Waals surface area contributed by atoms with Crippen LogP contribution in [0.25, 0.3) is 0 Å². The fourth-order valence-electron chi connectivity index (χ4n) is 2.84. The smallest absolute Gasteiger partial charge is 0.122 e. The van der Waals surface area contributed by atoms with E-state index in [1.54, 1.807) is 0 Å². The molecular weight excluding hydrogens is 214 g/mol. The van der Waals surface area contributed by atoms with Gasteiger partial charge >= 0.3 is 0 Å². The molecule has 2 atom stereocenters. The van der Waals surface area contributed by atoms with E-state index in [4.69, 9.17) is 15.2 Å². The maximum absolute atomic E-state index is 5.91. The summed E-state index contributed by atoms with van der Waals surface area (Å²) < 4.78 is 11.4. The summed E-state index contributed by atoms with van der Waals surface area (Å²) in [5.41, 5.74) is 8.42. The van der Waals surface area contributed by atoms with Crippen LogP contribution >= 0.6 is 0 Å². The second kappa shape index (κ2) is 4.67. The first-order valence-electron chi connectivity index (χ1n) is 6.46. The predicted octanol–water partition coefficient (Wildman–Crippen LogP) is 2.05. The molecule has 92 valence electrons. The average molecular weight is 233 g/mol. The number of nitrogens with two attached hydrogens (primary N) is 1. The van der Waals surface area contributed by atoms with Crippen molar-refractivity contribution < 1.29 is 9.47 Å². The molecule has 0 radical (unpaired) electrons. The van der Waals surface area contributed by atoms with Crippen LogP contribution in [-0.2, 0) is 11.2 Å². The summed E-state index contributed by atoms with van der Waals surface area (Å²) in [6.45, 7) is 2.37. The molecular formula is C14H19NO2. The number of hydrogen-bond donors (Lipinski definition) is 1. The highest BCUT2D eigenvalue weighted by Crippen LogP contribution is 2.36. The number of ether oxygens (including phenoxy) is 2. The Hall–Kier alpha value is -1.06. The van der Waals surface area contributed by atoms with Gasteiger partial charge < -0.3 is 15.2 Å². The van der Waals surface area contributed by atoms with Crippen LogP contribution < -0.4 is 10.5 Å². The topological polar surface area (TPSA) is 44.5 Å². The van der Waals surface area contributed by atoms with E-state index in [1.165, 1.54) is 17.5 Å². The summed E-state index contributed by atoms with van der Waals surface area (Å²) in [7, 11) is 0. The molecule has 2 N–H and O–H groups in total. The number of benzene rings is 1. The molecule has 2 unspecified atom stereocenters. The Balaban J connectivity index is 1.87. The van der Waals surface area contributed by atoms with E-state index in [2.05, 4.69) is 18.2 Å². The summed E-state index contributed by atoms with van der Waals surface area (Å²) in [5, 5.41) is 0. The zero-order valence-corrected chi connectivity index (χ0v) is 10.0. The average Bonchev–Trinajstić information content (AvgIpc) is 2.85. The molecule has 0 spiro atoms. The lowest BCUT2D eigenvalue weighted by Gasteiger charge is -2.31. The summed E-state index contributed by atoms with van der Waals surface area (Å²) in [5.74, 6) is 1.50. The minimum Gasteiger partial charge on any atom is -0.493 e. The zero-order valence-electron chi connectivity index (χ0n) is 10.0. The quantitative estimate of drug-likeness (QED) is 0.850. The highest BCUT2D eigenvalue weighted by molar-refractivity contribution is 5.40. The fourth-order valence-corrected chi connectivity index (χ4v) is 2.84. The Morgan fingerprint density at radius 2 is 2.24 bits per heavy atom. The van der Waals surface area contributed by atoms with Crippen molar-refractivity contribution in [3.8, 4) is 5.75 Å². The second-order valence-electron chi connectivity index (χ2n) is 4.90. The van der Waals surface area contributed by atoms with Gasteiger partial charge in [0, 0.05) is 18.9 Å².